The normalized spacial score (nSPS) is 9.56. The fourth-order valence-electron chi connectivity index (χ4n) is 1.60. The van der Waals surface area contributed by atoms with Gasteiger partial charge in [-0.15, -0.1) is 0 Å². The first-order valence-electron chi connectivity index (χ1n) is 5.47. The van der Waals surface area contributed by atoms with Gasteiger partial charge in [-0.1, -0.05) is 12.1 Å². The average Bonchev–Trinajstić information content (AvgIpc) is 2.39. The first-order valence-corrected chi connectivity index (χ1v) is 5.47. The molecule has 0 bridgehead atoms. The van der Waals surface area contributed by atoms with E-state index in [1.54, 1.807) is 12.1 Å². The lowest BCUT2D eigenvalue weighted by Crippen LogP contribution is -1.90. The molecule has 3 nitrogen and oxygen atoms in total. The Morgan fingerprint density at radius 3 is 2.72 bits per heavy atom. The number of rotatable bonds is 3. The van der Waals surface area contributed by atoms with Gasteiger partial charge in [0, 0.05) is 5.56 Å². The molecule has 0 radical (unpaired) electrons. The third-order valence-corrected chi connectivity index (χ3v) is 2.48. The van der Waals surface area contributed by atoms with Crippen LogP contribution in [-0.2, 0) is 0 Å². The molecule has 0 N–H and O–H groups in total. The lowest BCUT2D eigenvalue weighted by Gasteiger charge is -2.08. The van der Waals surface area contributed by atoms with Crippen molar-refractivity contribution >= 4 is 6.29 Å². The zero-order valence-corrected chi connectivity index (χ0v) is 9.88. The molecule has 0 amide bonds. The number of aryl methyl sites for hydroxylation is 1. The number of carbonyl (C=O) groups is 1. The van der Waals surface area contributed by atoms with Crippen molar-refractivity contribution in [2.24, 2.45) is 0 Å². The van der Waals surface area contributed by atoms with Crippen LogP contribution in [0.1, 0.15) is 21.5 Å². The third kappa shape index (κ3) is 2.55. The minimum atomic E-state index is 0.348. The van der Waals surface area contributed by atoms with E-state index in [0.717, 1.165) is 5.56 Å². The van der Waals surface area contributed by atoms with Crippen LogP contribution in [0.5, 0.6) is 11.5 Å². The fraction of sp³-hybridized carbons (Fsp3) is 0.0667. The monoisotopic (exact) mass is 237 g/mol. The molecule has 0 heterocycles. The molecular weight excluding hydrogens is 226 g/mol. The molecule has 2 rings (SSSR count). The molecule has 0 aliphatic rings. The Morgan fingerprint density at radius 2 is 2.06 bits per heavy atom. The maximum absolute atomic E-state index is 10.6. The van der Waals surface area contributed by atoms with E-state index in [1.807, 2.05) is 37.3 Å². The molecule has 0 saturated carbocycles. The molecule has 2 aromatic rings. The van der Waals surface area contributed by atoms with Gasteiger partial charge >= 0.3 is 0 Å². The van der Waals surface area contributed by atoms with Crippen molar-refractivity contribution in [2.75, 3.05) is 0 Å². The quantitative estimate of drug-likeness (QED) is 0.768. The highest BCUT2D eigenvalue weighted by Crippen LogP contribution is 2.26. The molecule has 0 aliphatic heterocycles. The summed E-state index contributed by atoms with van der Waals surface area (Å²) in [6, 6.07) is 14.3. The third-order valence-electron chi connectivity index (χ3n) is 2.48. The average molecular weight is 237 g/mol. The van der Waals surface area contributed by atoms with Crippen LogP contribution in [0.15, 0.2) is 42.5 Å². The van der Waals surface area contributed by atoms with E-state index >= 15 is 0 Å². The van der Waals surface area contributed by atoms with Crippen LogP contribution in [0.4, 0.5) is 0 Å². The first-order chi connectivity index (χ1) is 8.72. The van der Waals surface area contributed by atoms with Crippen LogP contribution in [0.2, 0.25) is 0 Å². The molecule has 3 heteroatoms. The molecule has 0 unspecified atom stereocenters. The fourth-order valence-corrected chi connectivity index (χ4v) is 1.60. The lowest BCUT2D eigenvalue weighted by molar-refractivity contribution is 0.112. The Hall–Kier alpha value is -2.60. The van der Waals surface area contributed by atoms with E-state index < -0.39 is 0 Å². The molecule has 0 saturated heterocycles. The summed E-state index contributed by atoms with van der Waals surface area (Å²) < 4.78 is 5.64. The van der Waals surface area contributed by atoms with Crippen molar-refractivity contribution in [1.82, 2.24) is 0 Å². The number of ether oxygens (including phenoxy) is 1. The number of nitriles is 1. The molecule has 88 valence electrons. The number of nitrogens with zero attached hydrogens (tertiary/aromatic N) is 1. The van der Waals surface area contributed by atoms with E-state index in [-0.39, 0.29) is 0 Å². The maximum atomic E-state index is 10.6. The van der Waals surface area contributed by atoms with Crippen molar-refractivity contribution in [3.8, 4) is 17.6 Å². The second kappa shape index (κ2) is 5.15. The first kappa shape index (κ1) is 11.9. The van der Waals surface area contributed by atoms with Crippen LogP contribution in [-0.4, -0.2) is 6.29 Å². The van der Waals surface area contributed by atoms with Crippen molar-refractivity contribution in [3.05, 3.63) is 59.2 Å². The van der Waals surface area contributed by atoms with Crippen LogP contribution in [0, 0.1) is 18.3 Å². The topological polar surface area (TPSA) is 50.1 Å². The van der Waals surface area contributed by atoms with Gasteiger partial charge in [-0.2, -0.15) is 5.26 Å². The van der Waals surface area contributed by atoms with Gasteiger partial charge in [-0.3, -0.25) is 4.79 Å². The van der Waals surface area contributed by atoms with Gasteiger partial charge in [0.15, 0.2) is 0 Å². The highest BCUT2D eigenvalue weighted by molar-refractivity contribution is 5.76. The number of hydrogen-bond acceptors (Lipinski definition) is 3. The second-order valence-electron chi connectivity index (χ2n) is 3.90. The largest absolute Gasteiger partial charge is 0.456 e. The maximum Gasteiger partial charge on any atom is 0.150 e. The Morgan fingerprint density at radius 1 is 1.22 bits per heavy atom. The summed E-state index contributed by atoms with van der Waals surface area (Å²) >= 11 is 0. The Labute approximate surface area is 105 Å². The van der Waals surface area contributed by atoms with Crippen molar-refractivity contribution in [1.29, 1.82) is 5.26 Å². The molecule has 0 spiro atoms. The summed E-state index contributed by atoms with van der Waals surface area (Å²) in [7, 11) is 0. The van der Waals surface area contributed by atoms with Crippen LogP contribution in [0.3, 0.4) is 0 Å². The number of benzene rings is 2. The number of aldehydes is 1. The predicted molar refractivity (Wildman–Crippen MR) is 67.8 cm³/mol. The SMILES string of the molecule is Cc1cccc(Oc2ccc(C=O)cc2C#N)c1. The molecule has 2 aromatic carbocycles. The number of hydrogen-bond donors (Lipinski definition) is 0. The van der Waals surface area contributed by atoms with Crippen molar-refractivity contribution in [2.45, 2.75) is 6.92 Å². The molecule has 0 fully saturated rings. The van der Waals surface area contributed by atoms with E-state index in [1.165, 1.54) is 6.07 Å². The van der Waals surface area contributed by atoms with E-state index in [0.29, 0.717) is 28.9 Å². The molecule has 0 atom stereocenters. The van der Waals surface area contributed by atoms with Gasteiger partial charge in [0.25, 0.3) is 0 Å². The predicted octanol–water partition coefficient (Wildman–Crippen LogP) is 3.47. The Balaban J connectivity index is 2.35. The van der Waals surface area contributed by atoms with Gasteiger partial charge in [0.2, 0.25) is 0 Å². The standard InChI is InChI=1S/C15H11NO2/c1-11-3-2-4-14(7-11)18-15-6-5-12(10-17)8-13(15)9-16/h2-8,10H,1H3. The van der Waals surface area contributed by atoms with Gasteiger partial charge in [-0.25, -0.2) is 0 Å². The second-order valence-corrected chi connectivity index (χ2v) is 3.90. The minimum absolute atomic E-state index is 0.348. The van der Waals surface area contributed by atoms with Gasteiger partial charge in [-0.05, 0) is 42.8 Å². The summed E-state index contributed by atoms with van der Waals surface area (Å²) in [6.45, 7) is 1.97. The summed E-state index contributed by atoms with van der Waals surface area (Å²) in [5.74, 6) is 1.12. The zero-order chi connectivity index (χ0) is 13.0. The molecule has 0 aromatic heterocycles. The number of carbonyl (C=O) groups excluding carboxylic acids is 1. The molecule has 18 heavy (non-hydrogen) atoms. The summed E-state index contributed by atoms with van der Waals surface area (Å²) in [4.78, 5) is 10.6. The highest BCUT2D eigenvalue weighted by Gasteiger charge is 2.06. The van der Waals surface area contributed by atoms with Crippen LogP contribution >= 0.6 is 0 Å². The zero-order valence-electron chi connectivity index (χ0n) is 9.88. The van der Waals surface area contributed by atoms with Gasteiger partial charge in [0.05, 0.1) is 5.56 Å². The highest BCUT2D eigenvalue weighted by atomic mass is 16.5. The smallest absolute Gasteiger partial charge is 0.150 e. The summed E-state index contributed by atoms with van der Waals surface area (Å²) in [6.07, 6.45) is 0.706. The van der Waals surface area contributed by atoms with Crippen molar-refractivity contribution < 1.29 is 9.53 Å². The van der Waals surface area contributed by atoms with E-state index in [2.05, 4.69) is 0 Å². The van der Waals surface area contributed by atoms with Crippen molar-refractivity contribution in [3.63, 3.8) is 0 Å². The van der Waals surface area contributed by atoms with Gasteiger partial charge in [0.1, 0.15) is 23.9 Å². The summed E-state index contributed by atoms with van der Waals surface area (Å²) in [5.41, 5.74) is 1.89. The lowest BCUT2D eigenvalue weighted by atomic mass is 10.1. The van der Waals surface area contributed by atoms with Crippen LogP contribution in [0.25, 0.3) is 0 Å². The Kier molecular flexibility index (Phi) is 3.40. The van der Waals surface area contributed by atoms with Crippen LogP contribution < -0.4 is 4.74 Å². The van der Waals surface area contributed by atoms with E-state index in [4.69, 9.17) is 10.00 Å². The minimum Gasteiger partial charge on any atom is -0.456 e. The Bertz CT molecular complexity index is 627. The summed E-state index contributed by atoms with van der Waals surface area (Å²) in [5, 5.41) is 9.03. The molecular formula is C15H11NO2. The van der Waals surface area contributed by atoms with Gasteiger partial charge < -0.3 is 4.74 Å². The van der Waals surface area contributed by atoms with E-state index in [9.17, 15) is 4.79 Å². The molecule has 0 aliphatic carbocycles.